The van der Waals surface area contributed by atoms with Gasteiger partial charge in [0.25, 0.3) is 0 Å². The number of rotatable bonds is 3. The first-order chi connectivity index (χ1) is 7.16. The Morgan fingerprint density at radius 2 is 1.93 bits per heavy atom. The predicted octanol–water partition coefficient (Wildman–Crippen LogP) is 1.47. The van der Waals surface area contributed by atoms with E-state index in [1.54, 1.807) is 6.92 Å². The minimum atomic E-state index is -0.844. The summed E-state index contributed by atoms with van der Waals surface area (Å²) in [5, 5.41) is 17.1. The van der Waals surface area contributed by atoms with Gasteiger partial charge >= 0.3 is 5.97 Å². The maximum atomic E-state index is 10.5. The zero-order valence-electron chi connectivity index (χ0n) is 8.29. The smallest absolute Gasteiger partial charge is 0.305 e. The first-order valence-corrected chi connectivity index (χ1v) is 4.70. The van der Waals surface area contributed by atoms with Crippen molar-refractivity contribution in [2.45, 2.75) is 19.4 Å². The normalized spacial score (nSPS) is 12.9. The quantitative estimate of drug-likeness (QED) is 0.823. The van der Waals surface area contributed by atoms with E-state index in [0.717, 1.165) is 11.0 Å². The number of aromatic nitrogens is 3. The van der Waals surface area contributed by atoms with Gasteiger partial charge in [0, 0.05) is 0 Å². The third-order valence-corrected chi connectivity index (χ3v) is 2.17. The standard InChI is InChI=1S/C10H11N3O2/c1-7(6-10(14)15)13-11-8-4-2-3-5-9(8)12-13/h2-5,7H,6H2,1H3,(H,14,15). The monoisotopic (exact) mass is 205 g/mol. The van der Waals surface area contributed by atoms with Crippen LogP contribution in [0, 0.1) is 0 Å². The number of nitrogens with zero attached hydrogens (tertiary/aromatic N) is 3. The van der Waals surface area contributed by atoms with Crippen LogP contribution >= 0.6 is 0 Å². The summed E-state index contributed by atoms with van der Waals surface area (Å²) >= 11 is 0. The van der Waals surface area contributed by atoms with E-state index in [1.165, 1.54) is 4.80 Å². The van der Waals surface area contributed by atoms with E-state index in [0.29, 0.717) is 0 Å². The van der Waals surface area contributed by atoms with Crippen molar-refractivity contribution in [1.82, 2.24) is 15.0 Å². The first-order valence-electron chi connectivity index (χ1n) is 4.70. The average molecular weight is 205 g/mol. The van der Waals surface area contributed by atoms with Gasteiger partial charge in [-0.15, -0.1) is 0 Å². The Morgan fingerprint density at radius 1 is 1.40 bits per heavy atom. The lowest BCUT2D eigenvalue weighted by Gasteiger charge is -2.05. The van der Waals surface area contributed by atoms with Crippen LogP contribution in [0.5, 0.6) is 0 Å². The number of fused-ring (bicyclic) bond motifs is 1. The summed E-state index contributed by atoms with van der Waals surface area (Å²) < 4.78 is 0. The lowest BCUT2D eigenvalue weighted by atomic mass is 10.2. The molecule has 2 aromatic rings. The van der Waals surface area contributed by atoms with Gasteiger partial charge in [-0.3, -0.25) is 4.79 Å². The molecule has 1 N–H and O–H groups in total. The largest absolute Gasteiger partial charge is 0.481 e. The van der Waals surface area contributed by atoms with Gasteiger partial charge in [-0.05, 0) is 19.1 Å². The summed E-state index contributed by atoms with van der Waals surface area (Å²) in [6.45, 7) is 1.78. The molecular formula is C10H11N3O2. The maximum Gasteiger partial charge on any atom is 0.305 e. The number of hydrogen-bond donors (Lipinski definition) is 1. The van der Waals surface area contributed by atoms with Crippen molar-refractivity contribution in [3.8, 4) is 0 Å². The first kappa shape index (κ1) is 9.64. The van der Waals surface area contributed by atoms with Crippen molar-refractivity contribution in [3.63, 3.8) is 0 Å². The number of hydrogen-bond acceptors (Lipinski definition) is 3. The van der Waals surface area contributed by atoms with Crippen LogP contribution in [0.1, 0.15) is 19.4 Å². The molecule has 78 valence electrons. The van der Waals surface area contributed by atoms with Gasteiger partial charge in [-0.2, -0.15) is 15.0 Å². The Morgan fingerprint density at radius 3 is 2.40 bits per heavy atom. The molecule has 0 amide bonds. The highest BCUT2D eigenvalue weighted by Crippen LogP contribution is 2.13. The predicted molar refractivity (Wildman–Crippen MR) is 54.5 cm³/mol. The van der Waals surface area contributed by atoms with Crippen LogP contribution in [0.2, 0.25) is 0 Å². The maximum absolute atomic E-state index is 10.5. The number of carbonyl (C=O) groups is 1. The number of aliphatic carboxylic acids is 1. The van der Waals surface area contributed by atoms with E-state index < -0.39 is 5.97 Å². The second-order valence-electron chi connectivity index (χ2n) is 3.46. The number of benzene rings is 1. The molecule has 0 saturated heterocycles. The van der Waals surface area contributed by atoms with E-state index in [-0.39, 0.29) is 12.5 Å². The molecule has 0 aliphatic rings. The summed E-state index contributed by atoms with van der Waals surface area (Å²) in [5.74, 6) is -0.844. The van der Waals surface area contributed by atoms with Crippen LogP contribution in [0.4, 0.5) is 0 Å². The molecule has 1 unspecified atom stereocenters. The van der Waals surface area contributed by atoms with Crippen molar-refractivity contribution >= 4 is 17.0 Å². The lowest BCUT2D eigenvalue weighted by molar-refractivity contribution is -0.137. The second-order valence-corrected chi connectivity index (χ2v) is 3.46. The lowest BCUT2D eigenvalue weighted by Crippen LogP contribution is -2.13. The SMILES string of the molecule is CC(CC(=O)O)n1nc2ccccc2n1. The molecule has 0 aliphatic carbocycles. The zero-order valence-corrected chi connectivity index (χ0v) is 8.29. The Kier molecular flexibility index (Phi) is 2.37. The molecule has 0 aliphatic heterocycles. The Balaban J connectivity index is 2.32. The van der Waals surface area contributed by atoms with Crippen molar-refractivity contribution in [2.75, 3.05) is 0 Å². The van der Waals surface area contributed by atoms with Gasteiger partial charge < -0.3 is 5.11 Å². The van der Waals surface area contributed by atoms with Crippen molar-refractivity contribution in [1.29, 1.82) is 0 Å². The fraction of sp³-hybridized carbons (Fsp3) is 0.300. The van der Waals surface area contributed by atoms with E-state index in [4.69, 9.17) is 5.11 Å². The molecule has 0 radical (unpaired) electrons. The minimum absolute atomic E-state index is 0.0288. The third kappa shape index (κ3) is 1.96. The summed E-state index contributed by atoms with van der Waals surface area (Å²) in [5.41, 5.74) is 1.57. The third-order valence-electron chi connectivity index (χ3n) is 2.17. The van der Waals surface area contributed by atoms with Gasteiger partial charge in [-0.25, -0.2) is 0 Å². The fourth-order valence-corrected chi connectivity index (χ4v) is 1.41. The molecule has 1 heterocycles. The molecule has 1 aromatic carbocycles. The highest BCUT2D eigenvalue weighted by atomic mass is 16.4. The molecule has 1 atom stereocenters. The van der Waals surface area contributed by atoms with Gasteiger partial charge in [0.2, 0.25) is 0 Å². The van der Waals surface area contributed by atoms with Gasteiger partial charge in [-0.1, -0.05) is 12.1 Å². The van der Waals surface area contributed by atoms with E-state index in [1.807, 2.05) is 24.3 Å². The molecule has 15 heavy (non-hydrogen) atoms. The summed E-state index contributed by atoms with van der Waals surface area (Å²) in [4.78, 5) is 12.0. The zero-order chi connectivity index (χ0) is 10.8. The molecule has 0 fully saturated rings. The van der Waals surface area contributed by atoms with Crippen LogP contribution in [-0.2, 0) is 4.79 Å². The molecule has 1 aromatic heterocycles. The molecule has 0 bridgehead atoms. The Hall–Kier alpha value is -1.91. The molecular weight excluding hydrogens is 194 g/mol. The molecule has 5 heteroatoms. The molecule has 5 nitrogen and oxygen atoms in total. The number of carboxylic acids is 1. The topological polar surface area (TPSA) is 68.0 Å². The molecule has 0 saturated carbocycles. The Bertz CT molecular complexity index is 459. The van der Waals surface area contributed by atoms with Crippen molar-refractivity contribution in [3.05, 3.63) is 24.3 Å². The summed E-state index contributed by atoms with van der Waals surface area (Å²) in [6.07, 6.45) is 0.0288. The highest BCUT2D eigenvalue weighted by Gasteiger charge is 2.12. The minimum Gasteiger partial charge on any atom is -0.481 e. The van der Waals surface area contributed by atoms with Crippen LogP contribution in [0.3, 0.4) is 0 Å². The summed E-state index contributed by atoms with van der Waals surface area (Å²) in [6, 6.07) is 7.24. The second kappa shape index (κ2) is 3.68. The van der Waals surface area contributed by atoms with Crippen LogP contribution in [-0.4, -0.2) is 26.1 Å². The van der Waals surface area contributed by atoms with Gasteiger partial charge in [0.15, 0.2) is 0 Å². The summed E-state index contributed by atoms with van der Waals surface area (Å²) in [7, 11) is 0. The highest BCUT2D eigenvalue weighted by molar-refractivity contribution is 5.73. The Labute approximate surface area is 86.3 Å². The molecule has 0 spiro atoms. The van der Waals surface area contributed by atoms with Crippen LogP contribution in [0.25, 0.3) is 11.0 Å². The number of carboxylic acid groups (broad SMARTS) is 1. The van der Waals surface area contributed by atoms with Gasteiger partial charge in [0.05, 0.1) is 12.5 Å². The van der Waals surface area contributed by atoms with E-state index >= 15 is 0 Å². The average Bonchev–Trinajstić information content (AvgIpc) is 2.59. The van der Waals surface area contributed by atoms with Crippen molar-refractivity contribution < 1.29 is 9.90 Å². The van der Waals surface area contributed by atoms with Gasteiger partial charge in [0.1, 0.15) is 11.0 Å². The van der Waals surface area contributed by atoms with E-state index in [9.17, 15) is 4.79 Å². The fourth-order valence-electron chi connectivity index (χ4n) is 1.41. The molecule has 2 rings (SSSR count). The van der Waals surface area contributed by atoms with Crippen LogP contribution < -0.4 is 0 Å². The van der Waals surface area contributed by atoms with Crippen LogP contribution in [0.15, 0.2) is 24.3 Å². The van der Waals surface area contributed by atoms with Crippen molar-refractivity contribution in [2.24, 2.45) is 0 Å². The van der Waals surface area contributed by atoms with E-state index in [2.05, 4.69) is 10.2 Å².